The van der Waals surface area contributed by atoms with Gasteiger partial charge in [-0.15, -0.1) is 0 Å². The molecule has 0 aliphatic carbocycles. The molecule has 3 N–H and O–H groups in total. The fourth-order valence-corrected chi connectivity index (χ4v) is 3.42. The SMILES string of the molecule is CC1NC(=O)Nc2ccccc21.CCCI.CCCN1C(=O)NC(C)c2ccccc21.[H-].[Na+]. The third-order valence-electron chi connectivity index (χ3n) is 4.94. The van der Waals surface area contributed by atoms with E-state index in [0.717, 1.165) is 29.9 Å². The summed E-state index contributed by atoms with van der Waals surface area (Å²) < 4.78 is 1.29. The van der Waals surface area contributed by atoms with Crippen LogP contribution in [0.25, 0.3) is 0 Å². The van der Waals surface area contributed by atoms with Crippen LogP contribution in [0.5, 0.6) is 0 Å². The topological polar surface area (TPSA) is 73.5 Å². The zero-order valence-electron chi connectivity index (χ0n) is 20.7. The maximum atomic E-state index is 11.8. The van der Waals surface area contributed by atoms with Gasteiger partial charge in [0.15, 0.2) is 0 Å². The van der Waals surface area contributed by atoms with Crippen LogP contribution in [-0.4, -0.2) is 23.0 Å². The number of hydrogen-bond donors (Lipinski definition) is 3. The van der Waals surface area contributed by atoms with Crippen molar-refractivity contribution in [2.24, 2.45) is 0 Å². The maximum Gasteiger partial charge on any atom is 1.00 e. The summed E-state index contributed by atoms with van der Waals surface area (Å²) in [5.41, 5.74) is 4.30. The van der Waals surface area contributed by atoms with Crippen molar-refractivity contribution < 1.29 is 40.6 Å². The number of nitrogens with one attached hydrogen (secondary N) is 3. The Hall–Kier alpha value is -1.29. The molecule has 0 radical (unpaired) electrons. The number of benzene rings is 2. The number of rotatable bonds is 3. The van der Waals surface area contributed by atoms with Crippen molar-refractivity contribution >= 4 is 46.0 Å². The fourth-order valence-electron chi connectivity index (χ4n) is 3.42. The number of hydrogen-bond acceptors (Lipinski definition) is 2. The van der Waals surface area contributed by atoms with Crippen molar-refractivity contribution in [1.29, 1.82) is 0 Å². The van der Waals surface area contributed by atoms with Crippen LogP contribution >= 0.6 is 22.6 Å². The number of alkyl halides is 1. The molecule has 0 spiro atoms. The number of fused-ring (bicyclic) bond motifs is 2. The molecule has 2 heterocycles. The van der Waals surface area contributed by atoms with Crippen molar-refractivity contribution in [3.8, 4) is 0 Å². The minimum Gasteiger partial charge on any atom is -1.00 e. The molecule has 0 bridgehead atoms. The minimum atomic E-state index is -0.124. The zero-order valence-corrected chi connectivity index (χ0v) is 23.9. The van der Waals surface area contributed by atoms with Crippen molar-refractivity contribution in [2.45, 2.75) is 52.6 Å². The number of carbonyl (C=O) groups is 2. The Kier molecular flexibility index (Phi) is 13.3. The van der Waals surface area contributed by atoms with Gasteiger partial charge in [0.2, 0.25) is 0 Å². The van der Waals surface area contributed by atoms with Crippen molar-refractivity contribution in [3.63, 3.8) is 0 Å². The predicted molar refractivity (Wildman–Crippen MR) is 138 cm³/mol. The van der Waals surface area contributed by atoms with Crippen LogP contribution in [-0.2, 0) is 0 Å². The van der Waals surface area contributed by atoms with Gasteiger partial charge in [0.05, 0.1) is 17.8 Å². The van der Waals surface area contributed by atoms with Crippen LogP contribution in [0.3, 0.4) is 0 Å². The molecule has 4 rings (SSSR count). The van der Waals surface area contributed by atoms with Gasteiger partial charge < -0.3 is 17.4 Å². The largest absolute Gasteiger partial charge is 1.00 e. The van der Waals surface area contributed by atoms with E-state index in [4.69, 9.17) is 0 Å². The molecule has 6 nitrogen and oxygen atoms in total. The standard InChI is InChI=1S/C12H16N2O.C9H10N2O.C3H7I.Na.H/c1-3-8-14-11-7-5-4-6-10(11)9(2)13-12(14)15;1-6-7-4-2-3-5-8(7)11-9(12)10-6;1-2-3-4;;/h4-7,9H,3,8H2,1-2H3,(H,13,15);2-6H,1H3,(H2,10,11,12);2-3H2,1H3;;/q;;;+1;-1. The maximum absolute atomic E-state index is 11.8. The van der Waals surface area contributed by atoms with Gasteiger partial charge in [-0.25, -0.2) is 9.59 Å². The second-order valence-corrected chi connectivity index (χ2v) is 8.56. The molecule has 2 aliphatic rings. The zero-order chi connectivity index (χ0) is 22.8. The first-order valence-electron chi connectivity index (χ1n) is 10.8. The molecule has 2 unspecified atom stereocenters. The van der Waals surface area contributed by atoms with Gasteiger partial charge in [0.25, 0.3) is 0 Å². The quantitative estimate of drug-likeness (QED) is 0.306. The first-order valence-corrected chi connectivity index (χ1v) is 12.3. The summed E-state index contributed by atoms with van der Waals surface area (Å²) in [6.07, 6.45) is 2.27. The molecule has 2 aromatic rings. The van der Waals surface area contributed by atoms with Gasteiger partial charge in [-0.1, -0.05) is 72.8 Å². The molecule has 32 heavy (non-hydrogen) atoms. The van der Waals surface area contributed by atoms with Crippen molar-refractivity contribution in [2.75, 3.05) is 21.2 Å². The molecule has 0 fully saturated rings. The monoisotopic (exact) mass is 560 g/mol. The normalized spacial score (nSPS) is 18.0. The summed E-state index contributed by atoms with van der Waals surface area (Å²) in [6, 6.07) is 16.0. The molecule has 4 amide bonds. The number of nitrogens with zero attached hydrogens (tertiary/aromatic N) is 1. The van der Waals surface area contributed by atoms with Crippen molar-refractivity contribution in [3.05, 3.63) is 59.7 Å². The van der Waals surface area contributed by atoms with Crippen molar-refractivity contribution in [1.82, 2.24) is 10.6 Å². The van der Waals surface area contributed by atoms with E-state index in [0.29, 0.717) is 0 Å². The average Bonchev–Trinajstić information content (AvgIpc) is 2.77. The number of urea groups is 2. The number of amides is 4. The summed E-state index contributed by atoms with van der Waals surface area (Å²) in [6.45, 7) is 9.01. The third-order valence-corrected chi connectivity index (χ3v) is 6.02. The second-order valence-electron chi connectivity index (χ2n) is 7.48. The molecule has 170 valence electrons. The van der Waals surface area contributed by atoms with Gasteiger partial charge in [-0.2, -0.15) is 0 Å². The van der Waals surface area contributed by atoms with Gasteiger partial charge in [0, 0.05) is 12.2 Å². The van der Waals surface area contributed by atoms with Crippen LogP contribution in [0.15, 0.2) is 48.5 Å². The molecular formula is C24H34IN4NaO2. The molecule has 2 aliphatic heterocycles. The number of carbonyl (C=O) groups excluding carboxylic acids is 2. The number of anilines is 2. The van der Waals surface area contributed by atoms with E-state index in [1.54, 1.807) is 0 Å². The summed E-state index contributed by atoms with van der Waals surface area (Å²) in [4.78, 5) is 24.6. The Morgan fingerprint density at radius 3 is 2.09 bits per heavy atom. The Balaban J connectivity index is 0.000000516. The summed E-state index contributed by atoms with van der Waals surface area (Å²) in [5.74, 6) is 0. The van der Waals surface area contributed by atoms with Crippen LogP contribution in [0.4, 0.5) is 21.0 Å². The van der Waals surface area contributed by atoms with Gasteiger partial charge >= 0.3 is 41.6 Å². The van der Waals surface area contributed by atoms with E-state index in [-0.39, 0.29) is 55.1 Å². The first-order chi connectivity index (χ1) is 14.9. The average molecular weight is 560 g/mol. The summed E-state index contributed by atoms with van der Waals surface area (Å²) >= 11 is 2.35. The summed E-state index contributed by atoms with van der Waals surface area (Å²) in [7, 11) is 0. The number of halogens is 1. The van der Waals surface area contributed by atoms with Crippen LogP contribution in [0.1, 0.15) is 65.2 Å². The molecule has 2 aromatic carbocycles. The van der Waals surface area contributed by atoms with Crippen LogP contribution in [0, 0.1) is 0 Å². The molecule has 0 saturated carbocycles. The van der Waals surface area contributed by atoms with E-state index in [2.05, 4.69) is 58.5 Å². The van der Waals surface area contributed by atoms with E-state index in [9.17, 15) is 9.59 Å². The Morgan fingerprint density at radius 2 is 1.47 bits per heavy atom. The Bertz CT molecular complexity index is 885. The third kappa shape index (κ3) is 7.93. The van der Waals surface area contributed by atoms with Gasteiger partial charge in [-0.3, -0.25) is 4.90 Å². The smallest absolute Gasteiger partial charge is 1.00 e. The van der Waals surface area contributed by atoms with Gasteiger partial charge in [-0.05, 0) is 54.4 Å². The molecule has 0 aromatic heterocycles. The minimum absolute atomic E-state index is 0. The predicted octanol–water partition coefficient (Wildman–Crippen LogP) is 3.52. The van der Waals surface area contributed by atoms with E-state index in [1.807, 2.05) is 61.2 Å². The molecule has 0 saturated heterocycles. The molecular weight excluding hydrogens is 526 g/mol. The van der Waals surface area contributed by atoms with E-state index < -0.39 is 0 Å². The van der Waals surface area contributed by atoms with E-state index in [1.165, 1.54) is 16.4 Å². The van der Waals surface area contributed by atoms with Crippen LogP contribution in [0.2, 0.25) is 0 Å². The second kappa shape index (κ2) is 14.8. The van der Waals surface area contributed by atoms with Crippen LogP contribution < -0.4 is 50.4 Å². The Labute approximate surface area is 229 Å². The number of para-hydroxylation sites is 2. The molecule has 8 heteroatoms. The first kappa shape index (κ1) is 28.7. The van der Waals surface area contributed by atoms with E-state index >= 15 is 0 Å². The molecule has 2 atom stereocenters. The fraction of sp³-hybridized carbons (Fsp3) is 0.417. The van der Waals surface area contributed by atoms with Gasteiger partial charge in [0.1, 0.15) is 0 Å². The Morgan fingerprint density at radius 1 is 0.906 bits per heavy atom. The summed E-state index contributed by atoms with van der Waals surface area (Å²) in [5, 5.41) is 8.48.